The number of nitrogens with zero attached hydrogens (tertiary/aromatic N) is 4. The van der Waals surface area contributed by atoms with Crippen LogP contribution >= 0.6 is 15.9 Å². The van der Waals surface area contributed by atoms with Gasteiger partial charge in [-0.2, -0.15) is 4.98 Å². The molecule has 0 aromatic carbocycles. The first-order chi connectivity index (χ1) is 13.2. The first-order valence-electron chi connectivity index (χ1n) is 9.01. The third-order valence-corrected chi connectivity index (χ3v) is 5.91. The number of piperidine rings is 1. The molecular weight excluding hydrogens is 412 g/mol. The van der Waals surface area contributed by atoms with Gasteiger partial charge in [-0.1, -0.05) is 5.16 Å². The Bertz CT molecular complexity index is 956. The topological polar surface area (TPSA) is 85.3 Å². The van der Waals surface area contributed by atoms with Gasteiger partial charge in [0.05, 0.1) is 0 Å². The number of carbonyl (C=O) groups is 1. The van der Waals surface area contributed by atoms with Crippen LogP contribution in [0.1, 0.15) is 48.0 Å². The number of amides is 1. The summed E-state index contributed by atoms with van der Waals surface area (Å²) in [6.45, 7) is 0. The molecule has 138 valence electrons. The second-order valence-electron chi connectivity index (χ2n) is 7.06. The summed E-state index contributed by atoms with van der Waals surface area (Å²) in [4.78, 5) is 23.5. The van der Waals surface area contributed by atoms with E-state index in [0.29, 0.717) is 22.1 Å². The summed E-state index contributed by atoms with van der Waals surface area (Å²) in [5.41, 5.74) is 0.888. The lowest BCUT2D eigenvalue weighted by atomic mass is 9.90. The summed E-state index contributed by atoms with van der Waals surface area (Å²) in [6, 6.07) is 7.56. The SMILES string of the molecule is O=C(c1ccc(Br)o1)N1[C@@H]2CC[C@H]1CC(c1nc(-c3ccncc3)no1)C2. The Balaban J connectivity index is 1.34. The van der Waals surface area contributed by atoms with Crippen molar-refractivity contribution in [2.24, 2.45) is 0 Å². The van der Waals surface area contributed by atoms with Crippen LogP contribution in [-0.2, 0) is 0 Å². The molecule has 5 heterocycles. The van der Waals surface area contributed by atoms with Gasteiger partial charge >= 0.3 is 0 Å². The molecule has 3 aromatic rings. The predicted molar refractivity (Wildman–Crippen MR) is 98.9 cm³/mol. The minimum Gasteiger partial charge on any atom is -0.444 e. The zero-order valence-corrected chi connectivity index (χ0v) is 16.0. The normalized spacial score (nSPS) is 24.3. The van der Waals surface area contributed by atoms with Gasteiger partial charge in [-0.3, -0.25) is 9.78 Å². The van der Waals surface area contributed by atoms with Gasteiger partial charge in [-0.25, -0.2) is 0 Å². The van der Waals surface area contributed by atoms with E-state index in [1.165, 1.54) is 0 Å². The van der Waals surface area contributed by atoms with E-state index in [-0.39, 0.29) is 23.9 Å². The standard InChI is InChI=1S/C19H17BrN4O3/c20-16-4-3-15(26-16)19(25)24-13-1-2-14(24)10-12(9-13)18-22-17(23-27-18)11-5-7-21-8-6-11/h3-8,12-14H,1-2,9-10H2/t12?,13-,14+. The highest BCUT2D eigenvalue weighted by atomic mass is 79.9. The Morgan fingerprint density at radius 1 is 1.11 bits per heavy atom. The number of hydrogen-bond donors (Lipinski definition) is 0. The van der Waals surface area contributed by atoms with Crippen LogP contribution in [0.15, 0.2) is 50.3 Å². The number of pyridine rings is 1. The highest BCUT2D eigenvalue weighted by Crippen LogP contribution is 2.43. The molecule has 2 bridgehead atoms. The summed E-state index contributed by atoms with van der Waals surface area (Å²) in [6.07, 6.45) is 7.09. The Morgan fingerprint density at radius 3 is 2.52 bits per heavy atom. The third-order valence-electron chi connectivity index (χ3n) is 5.48. The van der Waals surface area contributed by atoms with Gasteiger partial charge in [-0.05, 0) is 65.9 Å². The second-order valence-corrected chi connectivity index (χ2v) is 7.84. The molecule has 0 radical (unpaired) electrons. The number of carbonyl (C=O) groups excluding carboxylic acids is 1. The molecule has 2 fully saturated rings. The summed E-state index contributed by atoms with van der Waals surface area (Å²) in [7, 11) is 0. The average Bonchev–Trinajstić information content (AvgIpc) is 3.40. The van der Waals surface area contributed by atoms with E-state index in [1.54, 1.807) is 24.5 Å². The molecule has 7 nitrogen and oxygen atoms in total. The van der Waals surface area contributed by atoms with Gasteiger partial charge in [0.15, 0.2) is 10.4 Å². The monoisotopic (exact) mass is 428 g/mol. The summed E-state index contributed by atoms with van der Waals surface area (Å²) < 4.78 is 11.6. The number of halogens is 1. The van der Waals surface area contributed by atoms with E-state index < -0.39 is 0 Å². The van der Waals surface area contributed by atoms with E-state index in [4.69, 9.17) is 8.94 Å². The maximum absolute atomic E-state index is 12.9. The van der Waals surface area contributed by atoms with Gasteiger partial charge < -0.3 is 13.8 Å². The molecule has 27 heavy (non-hydrogen) atoms. The van der Waals surface area contributed by atoms with E-state index in [1.807, 2.05) is 17.0 Å². The minimum absolute atomic E-state index is 0.0327. The van der Waals surface area contributed by atoms with Crippen LogP contribution in [0.3, 0.4) is 0 Å². The molecule has 0 aliphatic carbocycles. The lowest BCUT2D eigenvalue weighted by molar-refractivity contribution is 0.0521. The zero-order chi connectivity index (χ0) is 18.4. The van der Waals surface area contributed by atoms with Gasteiger partial charge in [0.2, 0.25) is 11.7 Å². The summed E-state index contributed by atoms with van der Waals surface area (Å²) in [5.74, 6) is 1.77. The van der Waals surface area contributed by atoms with Crippen LogP contribution in [0.4, 0.5) is 0 Å². The lowest BCUT2D eigenvalue weighted by Crippen LogP contribution is -2.46. The van der Waals surface area contributed by atoms with Crippen molar-refractivity contribution in [3.63, 3.8) is 0 Å². The van der Waals surface area contributed by atoms with Crippen LogP contribution in [-0.4, -0.2) is 38.0 Å². The van der Waals surface area contributed by atoms with Crippen molar-refractivity contribution in [3.8, 4) is 11.4 Å². The van der Waals surface area contributed by atoms with Crippen molar-refractivity contribution < 1.29 is 13.7 Å². The van der Waals surface area contributed by atoms with E-state index in [0.717, 1.165) is 31.2 Å². The zero-order valence-electron chi connectivity index (χ0n) is 14.4. The molecule has 2 aliphatic heterocycles. The first kappa shape index (κ1) is 16.7. The highest BCUT2D eigenvalue weighted by Gasteiger charge is 2.45. The average molecular weight is 429 g/mol. The van der Waals surface area contributed by atoms with Gasteiger partial charge in [0.25, 0.3) is 5.91 Å². The number of aromatic nitrogens is 3. The fourth-order valence-corrected chi connectivity index (χ4v) is 4.59. The molecule has 8 heteroatoms. The molecule has 0 N–H and O–H groups in total. The van der Waals surface area contributed by atoms with Crippen molar-refractivity contribution in [2.45, 2.75) is 43.7 Å². The molecule has 3 atom stereocenters. The van der Waals surface area contributed by atoms with Crippen LogP contribution in [0, 0.1) is 0 Å². The predicted octanol–water partition coefficient (Wildman–Crippen LogP) is 4.04. The third kappa shape index (κ3) is 2.97. The van der Waals surface area contributed by atoms with E-state index >= 15 is 0 Å². The minimum atomic E-state index is -0.0327. The summed E-state index contributed by atoms with van der Waals surface area (Å²) in [5, 5.41) is 4.12. The van der Waals surface area contributed by atoms with Crippen molar-refractivity contribution >= 4 is 21.8 Å². The van der Waals surface area contributed by atoms with E-state index in [2.05, 4.69) is 31.1 Å². The number of hydrogen-bond acceptors (Lipinski definition) is 6. The molecular formula is C19H17BrN4O3. The van der Waals surface area contributed by atoms with Crippen molar-refractivity contribution in [1.82, 2.24) is 20.0 Å². The van der Waals surface area contributed by atoms with Crippen LogP contribution in [0.5, 0.6) is 0 Å². The first-order valence-corrected chi connectivity index (χ1v) is 9.80. The smallest absolute Gasteiger partial charge is 0.290 e. The fourth-order valence-electron chi connectivity index (χ4n) is 4.29. The van der Waals surface area contributed by atoms with Gasteiger partial charge in [0.1, 0.15) is 0 Å². The number of rotatable bonds is 3. The molecule has 0 saturated carbocycles. The molecule has 2 aliphatic rings. The van der Waals surface area contributed by atoms with Gasteiger partial charge in [0, 0.05) is 36.0 Å². The Labute approximate surface area is 163 Å². The van der Waals surface area contributed by atoms with Crippen molar-refractivity contribution in [3.05, 3.63) is 53.0 Å². The Morgan fingerprint density at radius 2 is 1.85 bits per heavy atom. The maximum atomic E-state index is 12.9. The number of furan rings is 1. The highest BCUT2D eigenvalue weighted by molar-refractivity contribution is 9.10. The lowest BCUT2D eigenvalue weighted by Gasteiger charge is -2.37. The second kappa shape index (κ2) is 6.60. The molecule has 1 amide bonds. The quantitative estimate of drug-likeness (QED) is 0.625. The molecule has 2 saturated heterocycles. The maximum Gasteiger partial charge on any atom is 0.290 e. The largest absolute Gasteiger partial charge is 0.444 e. The Kier molecular flexibility index (Phi) is 4.07. The molecule has 1 unspecified atom stereocenters. The fraction of sp³-hybridized carbons (Fsp3) is 0.368. The Hall–Kier alpha value is -2.48. The van der Waals surface area contributed by atoms with Crippen molar-refractivity contribution in [2.75, 3.05) is 0 Å². The van der Waals surface area contributed by atoms with Crippen LogP contribution < -0.4 is 0 Å². The molecule has 3 aromatic heterocycles. The van der Waals surface area contributed by atoms with Crippen molar-refractivity contribution in [1.29, 1.82) is 0 Å². The summed E-state index contributed by atoms with van der Waals surface area (Å²) >= 11 is 3.26. The van der Waals surface area contributed by atoms with Crippen LogP contribution in [0.25, 0.3) is 11.4 Å². The molecule has 5 rings (SSSR count). The van der Waals surface area contributed by atoms with Gasteiger partial charge in [-0.15, -0.1) is 0 Å². The van der Waals surface area contributed by atoms with Crippen LogP contribution in [0.2, 0.25) is 0 Å². The van der Waals surface area contributed by atoms with E-state index in [9.17, 15) is 4.79 Å². The number of fused-ring (bicyclic) bond motifs is 2. The molecule has 0 spiro atoms.